The number of nitrogens with two attached hydrogens (primary N) is 1. The van der Waals surface area contributed by atoms with E-state index in [4.69, 9.17) is 10.5 Å². The Hall–Kier alpha value is -2.20. The fourth-order valence-electron chi connectivity index (χ4n) is 1.96. The lowest BCUT2D eigenvalue weighted by molar-refractivity contribution is 0.103. The minimum atomic E-state index is -0.0277. The third-order valence-electron chi connectivity index (χ3n) is 3.23. The summed E-state index contributed by atoms with van der Waals surface area (Å²) in [7, 11) is 0. The van der Waals surface area contributed by atoms with Crippen LogP contribution in [0.5, 0.6) is 5.75 Å². The lowest BCUT2D eigenvalue weighted by atomic mass is 10.0. The molecule has 20 heavy (non-hydrogen) atoms. The molecule has 1 fully saturated rings. The maximum Gasteiger partial charge on any atom is 0.193 e. The van der Waals surface area contributed by atoms with Crippen molar-refractivity contribution in [2.75, 3.05) is 0 Å². The molecule has 0 bridgehead atoms. The number of pyridine rings is 1. The number of ketones is 1. The van der Waals surface area contributed by atoms with Crippen LogP contribution < -0.4 is 10.5 Å². The largest absolute Gasteiger partial charge is 0.490 e. The zero-order valence-corrected chi connectivity index (χ0v) is 11.1. The molecule has 0 atom stereocenters. The monoisotopic (exact) mass is 268 g/mol. The number of hydrogen-bond donors (Lipinski definition) is 1. The third kappa shape index (κ3) is 2.86. The zero-order valence-electron chi connectivity index (χ0n) is 11.1. The lowest BCUT2D eigenvalue weighted by Crippen LogP contribution is -2.05. The van der Waals surface area contributed by atoms with Crippen molar-refractivity contribution in [2.45, 2.75) is 25.5 Å². The molecule has 4 heteroatoms. The summed E-state index contributed by atoms with van der Waals surface area (Å²) in [6, 6.07) is 10.7. The van der Waals surface area contributed by atoms with Gasteiger partial charge in [0.15, 0.2) is 5.78 Å². The molecule has 1 saturated carbocycles. The second kappa shape index (κ2) is 5.43. The first-order chi connectivity index (χ1) is 9.76. The van der Waals surface area contributed by atoms with Crippen LogP contribution in [0.3, 0.4) is 0 Å². The molecule has 1 heterocycles. The molecule has 0 saturated heterocycles. The van der Waals surface area contributed by atoms with E-state index in [9.17, 15) is 4.79 Å². The van der Waals surface area contributed by atoms with E-state index in [1.807, 2.05) is 12.1 Å². The molecule has 2 aromatic rings. The fraction of sp³-hybridized carbons (Fsp3) is 0.250. The Kier molecular flexibility index (Phi) is 3.48. The molecule has 102 valence electrons. The fourth-order valence-corrected chi connectivity index (χ4v) is 1.96. The molecule has 1 aliphatic carbocycles. The average molecular weight is 268 g/mol. The van der Waals surface area contributed by atoms with Crippen LogP contribution >= 0.6 is 0 Å². The molecule has 0 radical (unpaired) electrons. The van der Waals surface area contributed by atoms with E-state index in [1.54, 1.807) is 30.5 Å². The first-order valence-electron chi connectivity index (χ1n) is 6.72. The molecular weight excluding hydrogens is 252 g/mol. The van der Waals surface area contributed by atoms with Crippen molar-refractivity contribution in [3.05, 3.63) is 59.4 Å². The van der Waals surface area contributed by atoms with Gasteiger partial charge in [-0.25, -0.2) is 0 Å². The maximum absolute atomic E-state index is 12.4. The van der Waals surface area contributed by atoms with Crippen molar-refractivity contribution in [3.63, 3.8) is 0 Å². The number of ether oxygens (including phenoxy) is 1. The van der Waals surface area contributed by atoms with Crippen molar-refractivity contribution in [2.24, 2.45) is 5.73 Å². The molecule has 0 unspecified atom stereocenters. The second-order valence-electron chi connectivity index (χ2n) is 4.91. The lowest BCUT2D eigenvalue weighted by Gasteiger charge is -2.06. The molecule has 1 aromatic heterocycles. The molecule has 1 aromatic carbocycles. The third-order valence-corrected chi connectivity index (χ3v) is 3.23. The molecule has 2 N–H and O–H groups in total. The van der Waals surface area contributed by atoms with Crippen LogP contribution in [0.1, 0.15) is 34.5 Å². The Balaban J connectivity index is 1.78. The van der Waals surface area contributed by atoms with Gasteiger partial charge in [-0.3, -0.25) is 9.78 Å². The van der Waals surface area contributed by atoms with E-state index >= 15 is 0 Å². The predicted octanol–water partition coefficient (Wildman–Crippen LogP) is 2.31. The Morgan fingerprint density at radius 2 is 1.95 bits per heavy atom. The summed E-state index contributed by atoms with van der Waals surface area (Å²) in [4.78, 5) is 16.4. The summed E-state index contributed by atoms with van der Waals surface area (Å²) >= 11 is 0. The Labute approximate surface area is 117 Å². The molecule has 0 aliphatic heterocycles. The van der Waals surface area contributed by atoms with Crippen molar-refractivity contribution >= 4 is 5.78 Å². The van der Waals surface area contributed by atoms with Gasteiger partial charge in [-0.2, -0.15) is 0 Å². The van der Waals surface area contributed by atoms with E-state index in [2.05, 4.69) is 4.98 Å². The van der Waals surface area contributed by atoms with Gasteiger partial charge in [0.1, 0.15) is 5.75 Å². The summed E-state index contributed by atoms with van der Waals surface area (Å²) < 4.78 is 5.66. The van der Waals surface area contributed by atoms with E-state index in [1.165, 1.54) is 0 Å². The van der Waals surface area contributed by atoms with Crippen LogP contribution in [0, 0.1) is 0 Å². The summed E-state index contributed by atoms with van der Waals surface area (Å²) in [5, 5.41) is 0. The van der Waals surface area contributed by atoms with Gasteiger partial charge in [-0.15, -0.1) is 0 Å². The highest BCUT2D eigenvalue weighted by molar-refractivity contribution is 6.09. The highest BCUT2D eigenvalue weighted by atomic mass is 16.5. The van der Waals surface area contributed by atoms with Crippen LogP contribution in [0.15, 0.2) is 42.6 Å². The normalized spacial score (nSPS) is 14.1. The highest BCUT2D eigenvalue weighted by Crippen LogP contribution is 2.27. The number of benzene rings is 1. The van der Waals surface area contributed by atoms with Gasteiger partial charge in [-0.1, -0.05) is 0 Å². The predicted molar refractivity (Wildman–Crippen MR) is 75.7 cm³/mol. The molecule has 1 aliphatic rings. The smallest absolute Gasteiger partial charge is 0.193 e. The molecule has 3 rings (SSSR count). The van der Waals surface area contributed by atoms with Crippen molar-refractivity contribution in [3.8, 4) is 5.75 Å². The Morgan fingerprint density at radius 1 is 1.20 bits per heavy atom. The van der Waals surface area contributed by atoms with E-state index in [0.717, 1.165) is 18.6 Å². The number of carbonyl (C=O) groups is 1. The summed E-state index contributed by atoms with van der Waals surface area (Å²) in [6.45, 7) is 0.329. The number of aromatic nitrogens is 1. The summed E-state index contributed by atoms with van der Waals surface area (Å²) in [6.07, 6.45) is 4.22. The van der Waals surface area contributed by atoms with Gasteiger partial charge in [-0.05, 0) is 49.2 Å². The SMILES string of the molecule is NCc1cc(C(=O)c2ccc(OC3CC3)cc2)ccn1. The molecule has 0 amide bonds. The van der Waals surface area contributed by atoms with Gasteiger partial charge in [0.05, 0.1) is 11.8 Å². The van der Waals surface area contributed by atoms with Gasteiger partial charge in [0, 0.05) is 23.9 Å². The standard InChI is InChI=1S/C16H16N2O2/c17-10-13-9-12(7-8-18-13)16(19)11-1-3-14(4-2-11)20-15-5-6-15/h1-4,7-9,15H,5-6,10,17H2. The van der Waals surface area contributed by atoms with E-state index < -0.39 is 0 Å². The number of carbonyl (C=O) groups excluding carboxylic acids is 1. The van der Waals surface area contributed by atoms with Crippen LogP contribution in [0.2, 0.25) is 0 Å². The molecule has 0 spiro atoms. The van der Waals surface area contributed by atoms with Crippen molar-refractivity contribution < 1.29 is 9.53 Å². The van der Waals surface area contributed by atoms with Gasteiger partial charge in [0.25, 0.3) is 0 Å². The maximum atomic E-state index is 12.4. The minimum Gasteiger partial charge on any atom is -0.490 e. The van der Waals surface area contributed by atoms with Crippen molar-refractivity contribution in [1.29, 1.82) is 0 Å². The minimum absolute atomic E-state index is 0.0277. The zero-order chi connectivity index (χ0) is 13.9. The highest BCUT2D eigenvalue weighted by Gasteiger charge is 2.23. The first kappa shape index (κ1) is 12.8. The topological polar surface area (TPSA) is 65.2 Å². The van der Waals surface area contributed by atoms with E-state index in [-0.39, 0.29) is 5.78 Å². The quantitative estimate of drug-likeness (QED) is 0.845. The van der Waals surface area contributed by atoms with Gasteiger partial charge in [0.2, 0.25) is 0 Å². The van der Waals surface area contributed by atoms with Gasteiger partial charge >= 0.3 is 0 Å². The first-order valence-corrected chi connectivity index (χ1v) is 6.72. The Bertz CT molecular complexity index is 619. The van der Waals surface area contributed by atoms with E-state index in [0.29, 0.717) is 29.5 Å². The summed E-state index contributed by atoms with van der Waals surface area (Å²) in [5.41, 5.74) is 7.50. The number of rotatable bonds is 5. The second-order valence-corrected chi connectivity index (χ2v) is 4.91. The van der Waals surface area contributed by atoms with Crippen molar-refractivity contribution in [1.82, 2.24) is 4.98 Å². The Morgan fingerprint density at radius 3 is 2.60 bits per heavy atom. The molecule has 4 nitrogen and oxygen atoms in total. The number of hydrogen-bond acceptors (Lipinski definition) is 4. The van der Waals surface area contributed by atoms with Crippen LogP contribution in [-0.2, 0) is 6.54 Å². The summed E-state index contributed by atoms with van der Waals surface area (Å²) in [5.74, 6) is 0.793. The number of nitrogens with zero attached hydrogens (tertiary/aromatic N) is 1. The molecular formula is C16H16N2O2. The van der Waals surface area contributed by atoms with Gasteiger partial charge < -0.3 is 10.5 Å². The van der Waals surface area contributed by atoms with Crippen LogP contribution in [0.4, 0.5) is 0 Å². The average Bonchev–Trinajstić information content (AvgIpc) is 3.31. The van der Waals surface area contributed by atoms with Crippen LogP contribution in [-0.4, -0.2) is 16.9 Å². The van der Waals surface area contributed by atoms with Crippen LogP contribution in [0.25, 0.3) is 0 Å².